The lowest BCUT2D eigenvalue weighted by molar-refractivity contribution is -0.614. The summed E-state index contributed by atoms with van der Waals surface area (Å²) in [5.41, 5.74) is 2.76. The Balaban J connectivity index is 1.13. The van der Waals surface area contributed by atoms with Crippen molar-refractivity contribution in [3.63, 3.8) is 0 Å². The lowest BCUT2D eigenvalue weighted by Gasteiger charge is -2.45. The average molecular weight is 958 g/mol. The number of ether oxygens (including phenoxy) is 2. The van der Waals surface area contributed by atoms with Crippen molar-refractivity contribution < 1.29 is 38.5 Å². The quantitative estimate of drug-likeness (QED) is 0.0533. The fourth-order valence-electron chi connectivity index (χ4n) is 8.28. The Kier molecular flexibility index (Phi) is 17.4. The molecular weight excluding hydrogens is 899 g/mol. The summed E-state index contributed by atoms with van der Waals surface area (Å²) >= 11 is 12.6. The smallest absolute Gasteiger partial charge is 0.304 e. The van der Waals surface area contributed by atoms with Crippen LogP contribution < -0.4 is 25.4 Å². The summed E-state index contributed by atoms with van der Waals surface area (Å²) in [7, 11) is 7.42. The Bertz CT molecular complexity index is 2500. The number of halogens is 2. The van der Waals surface area contributed by atoms with Crippen LogP contribution in [-0.4, -0.2) is 107 Å². The highest BCUT2D eigenvalue weighted by Crippen LogP contribution is 2.32. The molecule has 0 radical (unpaired) electrons. The molecule has 4 atom stereocenters. The summed E-state index contributed by atoms with van der Waals surface area (Å²) in [4.78, 5) is 62.5. The van der Waals surface area contributed by atoms with Crippen LogP contribution in [0.3, 0.4) is 0 Å². The number of pyridine rings is 1. The Morgan fingerprint density at radius 2 is 1.73 bits per heavy atom. The number of imidazole rings is 1. The van der Waals surface area contributed by atoms with Crippen LogP contribution in [0.25, 0.3) is 11.3 Å². The van der Waals surface area contributed by atoms with E-state index in [0.717, 1.165) is 28.2 Å². The van der Waals surface area contributed by atoms with Gasteiger partial charge >= 0.3 is 5.97 Å². The molecule has 3 amide bonds. The molecule has 3 heterocycles. The van der Waals surface area contributed by atoms with E-state index in [1.54, 1.807) is 54.3 Å². The van der Waals surface area contributed by atoms with Crippen LogP contribution >= 0.6 is 23.2 Å². The van der Waals surface area contributed by atoms with Crippen LogP contribution in [0.5, 0.6) is 11.5 Å². The van der Waals surface area contributed by atoms with E-state index in [-0.39, 0.29) is 31.8 Å². The van der Waals surface area contributed by atoms with Crippen LogP contribution in [0.2, 0.25) is 10.0 Å². The van der Waals surface area contributed by atoms with Gasteiger partial charge in [-0.05, 0) is 94.4 Å². The van der Waals surface area contributed by atoms with Gasteiger partial charge in [0.25, 0.3) is 0 Å². The maximum Gasteiger partial charge on any atom is 0.304 e. The van der Waals surface area contributed by atoms with Crippen LogP contribution in [0.4, 0.5) is 0 Å². The third kappa shape index (κ3) is 13.8. The Hall–Kier alpha value is -6.04. The zero-order valence-electron chi connectivity index (χ0n) is 38.3. The third-order valence-electron chi connectivity index (χ3n) is 11.8. The molecule has 1 aliphatic rings. The molecule has 67 heavy (non-hydrogen) atoms. The van der Waals surface area contributed by atoms with Gasteiger partial charge in [-0.15, -0.1) is 0 Å². The molecule has 1 aliphatic heterocycles. The standard InChI is InChI=1S/C49H58Cl2N8O8/c1-32(52-27-35-12-17-38(51)25-43(35)67-40-18-13-34(14-19-40)42-28-53-44(57(42)4)29-56(2)3)46(62)54-41(30-66-5)47(63)55-49(26-33-10-15-37(50)16-11-33)20-8-21-58(31-49)48(64)36(24-45(60)61)23-39-9-6-7-22-59(39)65/h6-7,9-19,22,25,28,32,36,41,52H,8,20-21,23-24,26-27,29-31H2,1-5H3,(H,54,62)(H,55,63)(H,60,61)/t32?,36?,41?,49-/m1/s1. The maximum atomic E-state index is 14.3. The number of rotatable bonds is 21. The molecule has 0 saturated carbocycles. The average Bonchev–Trinajstić information content (AvgIpc) is 3.65. The monoisotopic (exact) mass is 956 g/mol. The normalized spacial score (nSPS) is 16.3. The molecule has 3 unspecified atom stereocenters. The van der Waals surface area contributed by atoms with Crippen molar-refractivity contribution in [3.05, 3.63) is 135 Å². The number of benzene rings is 3. The van der Waals surface area contributed by atoms with Gasteiger partial charge < -0.3 is 50.1 Å². The second-order valence-corrected chi connectivity index (χ2v) is 18.2. The van der Waals surface area contributed by atoms with Gasteiger partial charge in [0, 0.05) is 73.5 Å². The number of aromatic nitrogens is 3. The van der Waals surface area contributed by atoms with E-state index in [1.807, 2.05) is 69.8 Å². The number of methoxy groups -OCH3 is 1. The largest absolute Gasteiger partial charge is 0.619 e. The van der Waals surface area contributed by atoms with Crippen LogP contribution in [0.15, 0.2) is 97.3 Å². The van der Waals surface area contributed by atoms with Gasteiger partial charge in [0.1, 0.15) is 23.4 Å². The topological polar surface area (TPSA) is 194 Å². The Morgan fingerprint density at radius 3 is 2.42 bits per heavy atom. The molecule has 356 valence electrons. The summed E-state index contributed by atoms with van der Waals surface area (Å²) < 4.78 is 14.4. The Labute approximate surface area is 400 Å². The van der Waals surface area contributed by atoms with Crippen molar-refractivity contribution in [2.75, 3.05) is 40.9 Å². The van der Waals surface area contributed by atoms with Crippen LogP contribution in [0.1, 0.15) is 48.8 Å². The SMILES string of the molecule is COCC(NC(=O)C(C)NCc1ccc(Cl)cc1Oc1ccc(-c2cnc(CN(C)C)n2C)cc1)C(=O)N[C@@]1(Cc2ccc(Cl)cc2)CCCN(C(=O)C(CC(=O)O)Cc2cccc[n+]2[O-])C1. The van der Waals surface area contributed by atoms with Gasteiger partial charge in [0.15, 0.2) is 11.9 Å². The second kappa shape index (κ2) is 23.1. The van der Waals surface area contributed by atoms with E-state index < -0.39 is 53.7 Å². The van der Waals surface area contributed by atoms with Gasteiger partial charge in [0.05, 0.1) is 49.0 Å². The number of amides is 3. The molecule has 0 spiro atoms. The minimum Gasteiger partial charge on any atom is -0.619 e. The zero-order chi connectivity index (χ0) is 48.3. The highest BCUT2D eigenvalue weighted by Gasteiger charge is 2.42. The molecule has 6 rings (SSSR count). The van der Waals surface area contributed by atoms with Crippen molar-refractivity contribution >= 4 is 46.9 Å². The van der Waals surface area contributed by atoms with E-state index in [4.69, 9.17) is 32.7 Å². The fourth-order valence-corrected chi connectivity index (χ4v) is 8.57. The van der Waals surface area contributed by atoms with Crippen molar-refractivity contribution in [2.45, 2.75) is 69.7 Å². The van der Waals surface area contributed by atoms with Gasteiger partial charge in [-0.1, -0.05) is 47.5 Å². The number of nitrogens with one attached hydrogen (secondary N) is 3. The van der Waals surface area contributed by atoms with E-state index in [0.29, 0.717) is 58.6 Å². The van der Waals surface area contributed by atoms with Gasteiger partial charge in [0.2, 0.25) is 17.7 Å². The van der Waals surface area contributed by atoms with E-state index >= 15 is 0 Å². The Morgan fingerprint density at radius 1 is 1.00 bits per heavy atom. The van der Waals surface area contributed by atoms with Crippen molar-refractivity contribution in [1.29, 1.82) is 0 Å². The minimum absolute atomic E-state index is 0.0476. The number of piperidine rings is 1. The lowest BCUT2D eigenvalue weighted by Crippen LogP contribution is -2.65. The summed E-state index contributed by atoms with van der Waals surface area (Å²) in [6.07, 6.45) is 3.84. The molecule has 0 aliphatic carbocycles. The predicted molar refractivity (Wildman–Crippen MR) is 254 cm³/mol. The highest BCUT2D eigenvalue weighted by molar-refractivity contribution is 6.31. The van der Waals surface area contributed by atoms with Gasteiger partial charge in [-0.25, -0.2) is 4.98 Å². The zero-order valence-corrected chi connectivity index (χ0v) is 39.8. The molecule has 5 aromatic rings. The molecule has 4 N–H and O–H groups in total. The second-order valence-electron chi connectivity index (χ2n) is 17.3. The number of aliphatic carboxylic acids is 1. The lowest BCUT2D eigenvalue weighted by atomic mass is 9.82. The molecular formula is C49H58Cl2N8O8. The molecule has 18 heteroatoms. The highest BCUT2D eigenvalue weighted by atomic mass is 35.5. The summed E-state index contributed by atoms with van der Waals surface area (Å²) in [6.45, 7) is 2.83. The van der Waals surface area contributed by atoms with E-state index in [1.165, 1.54) is 13.3 Å². The minimum atomic E-state index is -1.18. The van der Waals surface area contributed by atoms with E-state index in [2.05, 4.69) is 30.4 Å². The summed E-state index contributed by atoms with van der Waals surface area (Å²) in [6, 6.07) is 23.0. The fraction of sp³-hybridized carbons (Fsp3) is 0.388. The summed E-state index contributed by atoms with van der Waals surface area (Å²) in [5, 5.41) is 32.6. The van der Waals surface area contributed by atoms with E-state index in [9.17, 15) is 29.5 Å². The van der Waals surface area contributed by atoms with Crippen LogP contribution in [0, 0.1) is 11.1 Å². The first-order chi connectivity index (χ1) is 32.0. The van der Waals surface area contributed by atoms with Crippen molar-refractivity contribution in [2.24, 2.45) is 13.0 Å². The number of carbonyl (C=O) groups excluding carboxylic acids is 3. The molecule has 0 bridgehead atoms. The molecule has 16 nitrogen and oxygen atoms in total. The number of hydrogen-bond donors (Lipinski definition) is 4. The molecule has 2 aromatic heterocycles. The number of carbonyl (C=O) groups is 4. The maximum absolute atomic E-state index is 14.3. The summed E-state index contributed by atoms with van der Waals surface area (Å²) in [5.74, 6) is -1.60. The number of carboxylic acids is 1. The van der Waals surface area contributed by atoms with Crippen molar-refractivity contribution in [1.82, 2.24) is 35.3 Å². The predicted octanol–water partition coefficient (Wildman–Crippen LogP) is 5.54. The first-order valence-corrected chi connectivity index (χ1v) is 22.8. The number of likely N-dealkylation sites (tertiary alicyclic amines) is 1. The first-order valence-electron chi connectivity index (χ1n) is 22.0. The molecule has 1 saturated heterocycles. The van der Waals surface area contributed by atoms with Gasteiger partial charge in [-0.2, -0.15) is 4.73 Å². The molecule has 1 fully saturated rings. The molecule has 3 aromatic carbocycles. The number of nitrogens with zero attached hydrogens (tertiary/aromatic N) is 5. The van der Waals surface area contributed by atoms with Gasteiger partial charge in [-0.3, -0.25) is 19.2 Å². The van der Waals surface area contributed by atoms with Crippen LogP contribution in [-0.2, 0) is 56.9 Å². The third-order valence-corrected chi connectivity index (χ3v) is 12.3. The van der Waals surface area contributed by atoms with Crippen molar-refractivity contribution in [3.8, 4) is 22.8 Å². The number of hydrogen-bond acceptors (Lipinski definition) is 10. The first kappa shape index (κ1) is 50.4. The number of carboxylic acid groups (broad SMARTS) is 1.